The molecule has 0 aliphatic carbocycles. The van der Waals surface area contributed by atoms with Crippen molar-refractivity contribution in [1.82, 2.24) is 10.6 Å². The summed E-state index contributed by atoms with van der Waals surface area (Å²) in [6.07, 6.45) is 0.00616. The van der Waals surface area contributed by atoms with Crippen molar-refractivity contribution in [2.24, 2.45) is 5.92 Å². The molecule has 142 valence electrons. The number of amides is 2. The highest BCUT2D eigenvalue weighted by atomic mass is 16.7. The van der Waals surface area contributed by atoms with E-state index in [2.05, 4.69) is 10.6 Å². The molecule has 8 nitrogen and oxygen atoms in total. The number of benzene rings is 1. The molecule has 26 heavy (non-hydrogen) atoms. The van der Waals surface area contributed by atoms with Crippen LogP contribution in [0.2, 0.25) is 0 Å². The summed E-state index contributed by atoms with van der Waals surface area (Å²) >= 11 is 0. The fourth-order valence-electron chi connectivity index (χ4n) is 2.98. The van der Waals surface area contributed by atoms with E-state index in [4.69, 9.17) is 14.2 Å². The number of fused-ring (bicyclic) bond motifs is 1. The van der Waals surface area contributed by atoms with E-state index >= 15 is 0 Å². The monoisotopic (exact) mass is 364 g/mol. The zero-order valence-corrected chi connectivity index (χ0v) is 14.9. The fraction of sp³-hybridized carbons (Fsp3) is 0.556. The van der Waals surface area contributed by atoms with E-state index in [1.165, 1.54) is 0 Å². The number of aliphatic hydroxyl groups excluding tert-OH is 1. The molecule has 2 aliphatic heterocycles. The molecule has 3 atom stereocenters. The number of carbonyl (C=O) groups is 2. The minimum atomic E-state index is -1.01. The highest BCUT2D eigenvalue weighted by molar-refractivity contribution is 5.98. The maximum atomic E-state index is 12.6. The first-order valence-electron chi connectivity index (χ1n) is 8.74. The average Bonchev–Trinajstić information content (AvgIpc) is 3.22. The minimum absolute atomic E-state index is 0.130. The summed E-state index contributed by atoms with van der Waals surface area (Å²) in [6, 6.07) is 3.72. The van der Waals surface area contributed by atoms with Gasteiger partial charge in [-0.1, -0.05) is 13.8 Å². The third-order valence-corrected chi connectivity index (χ3v) is 4.35. The molecular formula is C18H24N2O6. The fourth-order valence-corrected chi connectivity index (χ4v) is 2.98. The van der Waals surface area contributed by atoms with E-state index in [1.807, 2.05) is 13.8 Å². The normalized spacial score (nSPS) is 22.3. The third-order valence-electron chi connectivity index (χ3n) is 4.35. The summed E-state index contributed by atoms with van der Waals surface area (Å²) in [7, 11) is 0. The Morgan fingerprint density at radius 1 is 1.27 bits per heavy atom. The van der Waals surface area contributed by atoms with Gasteiger partial charge in [-0.3, -0.25) is 9.59 Å². The number of ether oxygens (including phenoxy) is 3. The van der Waals surface area contributed by atoms with E-state index in [0.717, 1.165) is 0 Å². The topological polar surface area (TPSA) is 106 Å². The first-order valence-corrected chi connectivity index (χ1v) is 8.74. The van der Waals surface area contributed by atoms with Gasteiger partial charge in [-0.25, -0.2) is 0 Å². The van der Waals surface area contributed by atoms with Crippen LogP contribution in [0.15, 0.2) is 18.2 Å². The molecule has 1 saturated heterocycles. The molecule has 0 aromatic heterocycles. The van der Waals surface area contributed by atoms with Gasteiger partial charge in [0.1, 0.15) is 6.04 Å². The van der Waals surface area contributed by atoms with Gasteiger partial charge < -0.3 is 30.0 Å². The molecule has 0 bridgehead atoms. The summed E-state index contributed by atoms with van der Waals surface area (Å²) in [5.74, 6) is 0.601. The van der Waals surface area contributed by atoms with E-state index < -0.39 is 18.4 Å². The van der Waals surface area contributed by atoms with Crippen molar-refractivity contribution in [2.75, 3.05) is 13.4 Å². The smallest absolute Gasteiger partial charge is 0.252 e. The van der Waals surface area contributed by atoms with Gasteiger partial charge >= 0.3 is 0 Å². The first-order chi connectivity index (χ1) is 12.4. The maximum absolute atomic E-state index is 12.6. The second-order valence-corrected chi connectivity index (χ2v) is 6.89. The van der Waals surface area contributed by atoms with Gasteiger partial charge in [0.15, 0.2) is 17.8 Å². The lowest BCUT2D eigenvalue weighted by atomic mass is 10.0. The van der Waals surface area contributed by atoms with Crippen molar-refractivity contribution in [3.05, 3.63) is 23.8 Å². The lowest BCUT2D eigenvalue weighted by Gasteiger charge is -2.23. The molecule has 1 fully saturated rings. The Bertz CT molecular complexity index is 678. The summed E-state index contributed by atoms with van der Waals surface area (Å²) in [4.78, 5) is 25.2. The van der Waals surface area contributed by atoms with Crippen molar-refractivity contribution in [3.63, 3.8) is 0 Å². The van der Waals surface area contributed by atoms with Crippen molar-refractivity contribution >= 4 is 11.8 Å². The average molecular weight is 364 g/mol. The van der Waals surface area contributed by atoms with E-state index in [-0.39, 0.29) is 24.5 Å². The zero-order valence-electron chi connectivity index (χ0n) is 14.9. The molecule has 8 heteroatoms. The largest absolute Gasteiger partial charge is 0.454 e. The third kappa shape index (κ3) is 4.25. The molecule has 3 N–H and O–H groups in total. The Hall–Kier alpha value is -2.32. The molecule has 1 aromatic carbocycles. The molecule has 2 heterocycles. The van der Waals surface area contributed by atoms with Crippen molar-refractivity contribution in [2.45, 2.75) is 45.1 Å². The second-order valence-electron chi connectivity index (χ2n) is 6.89. The van der Waals surface area contributed by atoms with Crippen LogP contribution in [0.3, 0.4) is 0 Å². The van der Waals surface area contributed by atoms with Gasteiger partial charge in [-0.05, 0) is 37.0 Å². The summed E-state index contributed by atoms with van der Waals surface area (Å²) in [5, 5.41) is 15.2. The summed E-state index contributed by atoms with van der Waals surface area (Å²) in [6.45, 7) is 4.47. The standard InChI is InChI=1S/C18H24N2O6/c1-10(2)7-13(17(22)19-12-5-6-24-18(12)23)20-16(21)11-3-4-14-15(8-11)26-9-25-14/h3-4,8,10,12-13,18,23H,5-7,9H2,1-2H3,(H,19,22)(H,20,21)/t12-,13?,18-/m0/s1. The Balaban J connectivity index is 1.67. The van der Waals surface area contributed by atoms with E-state index in [9.17, 15) is 14.7 Å². The van der Waals surface area contributed by atoms with Crippen LogP contribution in [0.1, 0.15) is 37.0 Å². The lowest BCUT2D eigenvalue weighted by Crippen LogP contribution is -2.51. The number of nitrogens with one attached hydrogen (secondary N) is 2. The number of hydrogen-bond acceptors (Lipinski definition) is 6. The molecule has 0 radical (unpaired) electrons. The Kier molecular flexibility index (Phi) is 5.63. The van der Waals surface area contributed by atoms with E-state index in [1.54, 1.807) is 18.2 Å². The quantitative estimate of drug-likeness (QED) is 0.689. The van der Waals surface area contributed by atoms with Crippen molar-refractivity contribution in [3.8, 4) is 11.5 Å². The summed E-state index contributed by atoms with van der Waals surface area (Å²) < 4.78 is 15.6. The predicted molar refractivity (Wildman–Crippen MR) is 91.8 cm³/mol. The molecule has 1 unspecified atom stereocenters. The molecular weight excluding hydrogens is 340 g/mol. The Labute approximate surface area is 151 Å². The number of rotatable bonds is 6. The van der Waals surface area contributed by atoms with Gasteiger partial charge in [-0.15, -0.1) is 0 Å². The maximum Gasteiger partial charge on any atom is 0.252 e. The highest BCUT2D eigenvalue weighted by Gasteiger charge is 2.31. The van der Waals surface area contributed by atoms with Crippen molar-refractivity contribution in [1.29, 1.82) is 0 Å². The van der Waals surface area contributed by atoms with Crippen LogP contribution >= 0.6 is 0 Å². The van der Waals surface area contributed by atoms with Crippen LogP contribution in [-0.2, 0) is 9.53 Å². The van der Waals surface area contributed by atoms with Crippen LogP contribution in [0.4, 0.5) is 0 Å². The summed E-state index contributed by atoms with van der Waals surface area (Å²) in [5.41, 5.74) is 0.389. The van der Waals surface area contributed by atoms with Crippen LogP contribution < -0.4 is 20.1 Å². The molecule has 0 saturated carbocycles. The number of carbonyl (C=O) groups excluding carboxylic acids is 2. The number of hydrogen-bond donors (Lipinski definition) is 3. The number of aliphatic hydroxyl groups is 1. The predicted octanol–water partition coefficient (Wildman–Crippen LogP) is 0.783. The van der Waals surface area contributed by atoms with Gasteiger partial charge in [0.2, 0.25) is 12.7 Å². The molecule has 2 aliphatic rings. The molecule has 3 rings (SSSR count). The SMILES string of the molecule is CC(C)CC(NC(=O)c1ccc2c(c1)OCO2)C(=O)N[C@H]1CCO[C@@H]1O. The van der Waals surface area contributed by atoms with Crippen LogP contribution in [0.5, 0.6) is 11.5 Å². The Morgan fingerprint density at radius 2 is 2.04 bits per heavy atom. The van der Waals surface area contributed by atoms with Crippen LogP contribution in [0.25, 0.3) is 0 Å². The van der Waals surface area contributed by atoms with E-state index in [0.29, 0.717) is 36.5 Å². The van der Waals surface area contributed by atoms with Gasteiger partial charge in [-0.2, -0.15) is 0 Å². The van der Waals surface area contributed by atoms with Gasteiger partial charge in [0.25, 0.3) is 5.91 Å². The van der Waals surface area contributed by atoms with Gasteiger partial charge in [0, 0.05) is 5.56 Å². The second kappa shape index (κ2) is 7.92. The van der Waals surface area contributed by atoms with Crippen LogP contribution in [0, 0.1) is 5.92 Å². The molecule has 2 amide bonds. The first kappa shape index (κ1) is 18.5. The van der Waals surface area contributed by atoms with Crippen molar-refractivity contribution < 1.29 is 28.9 Å². The molecule has 1 aromatic rings. The Morgan fingerprint density at radius 3 is 2.73 bits per heavy atom. The highest BCUT2D eigenvalue weighted by Crippen LogP contribution is 2.32. The minimum Gasteiger partial charge on any atom is -0.454 e. The van der Waals surface area contributed by atoms with Gasteiger partial charge in [0.05, 0.1) is 12.6 Å². The van der Waals surface area contributed by atoms with Crippen LogP contribution in [-0.4, -0.2) is 48.7 Å². The molecule has 0 spiro atoms. The zero-order chi connectivity index (χ0) is 18.7. The lowest BCUT2D eigenvalue weighted by molar-refractivity contribution is -0.127.